The van der Waals surface area contributed by atoms with Gasteiger partial charge in [0.1, 0.15) is 5.75 Å². The van der Waals surface area contributed by atoms with Crippen molar-refractivity contribution >= 4 is 0 Å². The van der Waals surface area contributed by atoms with E-state index in [0.717, 1.165) is 31.4 Å². The maximum atomic E-state index is 12.4. The first kappa shape index (κ1) is 12.2. The minimum absolute atomic E-state index is 0.301. The van der Waals surface area contributed by atoms with Crippen molar-refractivity contribution in [1.82, 2.24) is 0 Å². The van der Waals surface area contributed by atoms with E-state index in [-0.39, 0.29) is 11.2 Å². The van der Waals surface area contributed by atoms with Gasteiger partial charge in [-0.3, -0.25) is 0 Å². The number of phenolic OH excluding ortho intramolecular Hbond substituents is 1. The SMILES string of the molecule is NCC1(c2ccc(C(F)(F)F)cc2O)CCC1. The molecule has 0 aliphatic heterocycles. The van der Waals surface area contributed by atoms with E-state index in [4.69, 9.17) is 5.73 Å². The molecule has 0 unspecified atom stereocenters. The summed E-state index contributed by atoms with van der Waals surface area (Å²) in [5.74, 6) is -0.301. The summed E-state index contributed by atoms with van der Waals surface area (Å²) >= 11 is 0. The maximum absolute atomic E-state index is 12.4. The summed E-state index contributed by atoms with van der Waals surface area (Å²) < 4.78 is 37.3. The van der Waals surface area contributed by atoms with Crippen LogP contribution < -0.4 is 5.73 Å². The van der Waals surface area contributed by atoms with Crippen LogP contribution >= 0.6 is 0 Å². The molecule has 1 aromatic carbocycles. The Balaban J connectivity index is 2.38. The van der Waals surface area contributed by atoms with Crippen LogP contribution in [0.15, 0.2) is 18.2 Å². The van der Waals surface area contributed by atoms with Crippen LogP contribution in [0.1, 0.15) is 30.4 Å². The van der Waals surface area contributed by atoms with Gasteiger partial charge in [0, 0.05) is 17.5 Å². The van der Waals surface area contributed by atoms with Gasteiger partial charge < -0.3 is 10.8 Å². The Morgan fingerprint density at radius 2 is 1.94 bits per heavy atom. The summed E-state index contributed by atoms with van der Waals surface area (Å²) in [6, 6.07) is 3.14. The summed E-state index contributed by atoms with van der Waals surface area (Å²) in [5.41, 5.74) is 5.05. The molecule has 94 valence electrons. The molecule has 5 heteroatoms. The predicted molar refractivity (Wildman–Crippen MR) is 57.7 cm³/mol. The average Bonchev–Trinajstić information content (AvgIpc) is 2.17. The van der Waals surface area contributed by atoms with Crippen molar-refractivity contribution in [1.29, 1.82) is 0 Å². The average molecular weight is 245 g/mol. The Morgan fingerprint density at radius 1 is 1.29 bits per heavy atom. The molecule has 3 N–H and O–H groups in total. The molecule has 0 aromatic heterocycles. The van der Waals surface area contributed by atoms with Crippen molar-refractivity contribution in [3.05, 3.63) is 29.3 Å². The van der Waals surface area contributed by atoms with Gasteiger partial charge in [-0.15, -0.1) is 0 Å². The zero-order valence-corrected chi connectivity index (χ0v) is 9.22. The molecule has 0 saturated heterocycles. The highest BCUT2D eigenvalue weighted by Gasteiger charge is 2.40. The van der Waals surface area contributed by atoms with E-state index < -0.39 is 11.7 Å². The number of benzene rings is 1. The molecule has 0 amide bonds. The van der Waals surface area contributed by atoms with Crippen molar-refractivity contribution in [2.75, 3.05) is 6.54 Å². The zero-order valence-electron chi connectivity index (χ0n) is 9.22. The summed E-state index contributed by atoms with van der Waals surface area (Å²) in [5, 5.41) is 9.73. The number of hydrogen-bond acceptors (Lipinski definition) is 2. The normalized spacial score (nSPS) is 18.8. The lowest BCUT2D eigenvalue weighted by Gasteiger charge is -2.41. The highest BCUT2D eigenvalue weighted by molar-refractivity contribution is 5.44. The van der Waals surface area contributed by atoms with Gasteiger partial charge in [-0.05, 0) is 25.0 Å². The number of hydrogen-bond donors (Lipinski definition) is 2. The molecule has 0 atom stereocenters. The molecule has 1 saturated carbocycles. The molecule has 17 heavy (non-hydrogen) atoms. The second kappa shape index (κ2) is 3.91. The van der Waals surface area contributed by atoms with Crippen LogP contribution in [0, 0.1) is 0 Å². The van der Waals surface area contributed by atoms with Crippen LogP contribution in [0.25, 0.3) is 0 Å². The molecule has 1 aliphatic rings. The van der Waals surface area contributed by atoms with Crippen molar-refractivity contribution in [3.63, 3.8) is 0 Å². The van der Waals surface area contributed by atoms with Crippen molar-refractivity contribution in [2.24, 2.45) is 5.73 Å². The van der Waals surface area contributed by atoms with E-state index in [0.29, 0.717) is 12.1 Å². The van der Waals surface area contributed by atoms with Gasteiger partial charge in [0.25, 0.3) is 0 Å². The van der Waals surface area contributed by atoms with Gasteiger partial charge in [-0.25, -0.2) is 0 Å². The summed E-state index contributed by atoms with van der Waals surface area (Å²) in [6.07, 6.45) is -1.78. The standard InChI is InChI=1S/C12H14F3NO/c13-12(14,15)8-2-3-9(10(17)6-8)11(7-16)4-1-5-11/h2-3,6,17H,1,4-5,7,16H2. The Bertz CT molecular complexity index is 419. The van der Waals surface area contributed by atoms with Gasteiger partial charge in [-0.1, -0.05) is 12.5 Å². The second-order valence-corrected chi connectivity index (χ2v) is 4.57. The van der Waals surface area contributed by atoms with E-state index in [2.05, 4.69) is 0 Å². The van der Waals surface area contributed by atoms with Gasteiger partial charge in [-0.2, -0.15) is 13.2 Å². The van der Waals surface area contributed by atoms with Crippen LogP contribution in [0.4, 0.5) is 13.2 Å². The minimum atomic E-state index is -4.43. The van der Waals surface area contributed by atoms with Gasteiger partial charge in [0.05, 0.1) is 5.56 Å². The highest BCUT2D eigenvalue weighted by Crippen LogP contribution is 2.47. The summed E-state index contributed by atoms with van der Waals surface area (Å²) in [4.78, 5) is 0. The first-order valence-electron chi connectivity index (χ1n) is 5.50. The number of phenols is 1. The molecule has 0 bridgehead atoms. The molecule has 0 heterocycles. The Morgan fingerprint density at radius 3 is 2.29 bits per heavy atom. The molecule has 2 nitrogen and oxygen atoms in total. The number of halogens is 3. The van der Waals surface area contributed by atoms with Crippen LogP contribution in [-0.4, -0.2) is 11.7 Å². The van der Waals surface area contributed by atoms with Gasteiger partial charge >= 0.3 is 6.18 Å². The van der Waals surface area contributed by atoms with E-state index in [1.54, 1.807) is 0 Å². The van der Waals surface area contributed by atoms with Gasteiger partial charge in [0.2, 0.25) is 0 Å². The molecular weight excluding hydrogens is 231 g/mol. The monoisotopic (exact) mass is 245 g/mol. The predicted octanol–water partition coefficient (Wildman–Crippen LogP) is 2.79. The lowest BCUT2D eigenvalue weighted by molar-refractivity contribution is -0.137. The minimum Gasteiger partial charge on any atom is -0.508 e. The first-order chi connectivity index (χ1) is 7.89. The fourth-order valence-corrected chi connectivity index (χ4v) is 2.34. The third kappa shape index (κ3) is 1.99. The smallest absolute Gasteiger partial charge is 0.416 e. The molecule has 1 aliphatic carbocycles. The number of nitrogens with two attached hydrogens (primary N) is 1. The zero-order chi connectivity index (χ0) is 12.7. The highest BCUT2D eigenvalue weighted by atomic mass is 19.4. The fourth-order valence-electron chi connectivity index (χ4n) is 2.34. The molecule has 0 radical (unpaired) electrons. The van der Waals surface area contributed by atoms with E-state index in [9.17, 15) is 18.3 Å². The number of aromatic hydroxyl groups is 1. The Hall–Kier alpha value is -1.23. The van der Waals surface area contributed by atoms with E-state index in [1.807, 2.05) is 0 Å². The lowest BCUT2D eigenvalue weighted by Crippen LogP contribution is -2.41. The summed E-state index contributed by atoms with van der Waals surface area (Å²) in [7, 11) is 0. The molecule has 1 aromatic rings. The van der Waals surface area contributed by atoms with Crippen LogP contribution in [0.2, 0.25) is 0 Å². The Kier molecular flexibility index (Phi) is 2.81. The quantitative estimate of drug-likeness (QED) is 0.841. The van der Waals surface area contributed by atoms with Gasteiger partial charge in [0.15, 0.2) is 0 Å². The first-order valence-corrected chi connectivity index (χ1v) is 5.50. The Labute approximate surface area is 97.2 Å². The molecule has 0 spiro atoms. The molecular formula is C12H14F3NO. The van der Waals surface area contributed by atoms with E-state index in [1.165, 1.54) is 6.07 Å². The lowest BCUT2D eigenvalue weighted by atomic mass is 9.64. The van der Waals surface area contributed by atoms with Crippen molar-refractivity contribution < 1.29 is 18.3 Å². The van der Waals surface area contributed by atoms with Crippen LogP contribution in [-0.2, 0) is 11.6 Å². The number of alkyl halides is 3. The maximum Gasteiger partial charge on any atom is 0.416 e. The molecule has 1 fully saturated rings. The summed E-state index contributed by atoms with van der Waals surface area (Å²) in [6.45, 7) is 0.353. The second-order valence-electron chi connectivity index (χ2n) is 4.57. The van der Waals surface area contributed by atoms with Crippen LogP contribution in [0.5, 0.6) is 5.75 Å². The third-order valence-electron chi connectivity index (χ3n) is 3.60. The third-order valence-corrected chi connectivity index (χ3v) is 3.60. The topological polar surface area (TPSA) is 46.2 Å². The fraction of sp³-hybridized carbons (Fsp3) is 0.500. The van der Waals surface area contributed by atoms with Crippen LogP contribution in [0.3, 0.4) is 0 Å². The molecule has 2 rings (SSSR count). The van der Waals surface area contributed by atoms with Crippen molar-refractivity contribution in [2.45, 2.75) is 30.9 Å². The largest absolute Gasteiger partial charge is 0.508 e. The van der Waals surface area contributed by atoms with Crippen molar-refractivity contribution in [3.8, 4) is 5.75 Å². The van der Waals surface area contributed by atoms with E-state index >= 15 is 0 Å². The number of rotatable bonds is 2.